The maximum atomic E-state index is 11.8. The van der Waals surface area contributed by atoms with Crippen molar-refractivity contribution in [1.82, 2.24) is 5.32 Å². The maximum absolute atomic E-state index is 11.8. The monoisotopic (exact) mass is 341 g/mol. The number of aliphatic hydroxyl groups excluding tert-OH is 1. The normalized spacial score (nSPS) is 12.7. The molecule has 0 heterocycles. The quantitative estimate of drug-likeness (QED) is 0.677. The highest BCUT2D eigenvalue weighted by molar-refractivity contribution is 5.77. The highest BCUT2D eigenvalue weighted by atomic mass is 16.6. The van der Waals surface area contributed by atoms with Gasteiger partial charge in [0, 0.05) is 0 Å². The molecule has 2 unspecified atom stereocenters. The first-order valence-corrected chi connectivity index (χ1v) is 7.36. The van der Waals surface area contributed by atoms with Gasteiger partial charge in [-0.2, -0.15) is 0 Å². The summed E-state index contributed by atoms with van der Waals surface area (Å²) in [4.78, 5) is 23.2. The number of carbonyl (C=O) groups excluding carboxylic acids is 2. The average Bonchev–Trinajstić information content (AvgIpc) is 2.60. The van der Waals surface area contributed by atoms with Crippen LogP contribution in [0.4, 0.5) is 4.79 Å². The Labute approximate surface area is 140 Å². The minimum absolute atomic E-state index is 0.122. The summed E-state index contributed by atoms with van der Waals surface area (Å²) in [5.41, 5.74) is 0.720. The first kappa shape index (κ1) is 19.6. The lowest BCUT2D eigenvalue weighted by molar-refractivity contribution is -0.154. The smallest absolute Gasteiger partial charge is 0.407 e. The molecule has 0 aliphatic rings. The van der Waals surface area contributed by atoms with Gasteiger partial charge in [0.1, 0.15) is 0 Å². The predicted molar refractivity (Wildman–Crippen MR) is 85.2 cm³/mol. The zero-order chi connectivity index (χ0) is 18.1. The fourth-order valence-corrected chi connectivity index (χ4v) is 2.11. The van der Waals surface area contributed by atoms with E-state index < -0.39 is 24.2 Å². The SMILES string of the molecule is CCOC(=O)C(O)C(Cc1ccc(OC)c(OC)c1)NC(=O)OC. The van der Waals surface area contributed by atoms with Crippen molar-refractivity contribution in [2.75, 3.05) is 27.9 Å². The van der Waals surface area contributed by atoms with Crippen molar-refractivity contribution < 1.29 is 33.6 Å². The van der Waals surface area contributed by atoms with Crippen LogP contribution in [0.25, 0.3) is 0 Å². The summed E-state index contributed by atoms with van der Waals surface area (Å²) < 4.78 is 19.7. The van der Waals surface area contributed by atoms with E-state index in [-0.39, 0.29) is 13.0 Å². The van der Waals surface area contributed by atoms with Gasteiger partial charge in [0.05, 0.1) is 34.0 Å². The van der Waals surface area contributed by atoms with Gasteiger partial charge in [-0.25, -0.2) is 9.59 Å². The van der Waals surface area contributed by atoms with Gasteiger partial charge in [0.2, 0.25) is 0 Å². The second kappa shape index (κ2) is 9.61. The Hall–Kier alpha value is -2.48. The van der Waals surface area contributed by atoms with Gasteiger partial charge >= 0.3 is 12.1 Å². The van der Waals surface area contributed by atoms with Crippen LogP contribution in [0, 0.1) is 0 Å². The molecule has 0 bridgehead atoms. The van der Waals surface area contributed by atoms with Crippen LogP contribution in [0.2, 0.25) is 0 Å². The first-order chi connectivity index (χ1) is 11.5. The van der Waals surface area contributed by atoms with Crippen LogP contribution in [-0.2, 0) is 20.7 Å². The topological polar surface area (TPSA) is 103 Å². The number of ether oxygens (including phenoxy) is 4. The van der Waals surface area contributed by atoms with Crippen molar-refractivity contribution >= 4 is 12.1 Å². The Kier molecular flexibility index (Phi) is 7.84. The molecule has 0 fully saturated rings. The summed E-state index contributed by atoms with van der Waals surface area (Å²) in [5.74, 6) is 0.224. The van der Waals surface area contributed by atoms with Gasteiger partial charge in [-0.1, -0.05) is 6.07 Å². The van der Waals surface area contributed by atoms with E-state index >= 15 is 0 Å². The van der Waals surface area contributed by atoms with Crippen LogP contribution in [-0.4, -0.2) is 57.3 Å². The van der Waals surface area contributed by atoms with E-state index in [1.54, 1.807) is 25.1 Å². The molecule has 8 heteroatoms. The summed E-state index contributed by atoms with van der Waals surface area (Å²) >= 11 is 0. The molecule has 1 rings (SSSR count). The Morgan fingerprint density at radius 3 is 2.38 bits per heavy atom. The number of amides is 1. The molecule has 0 aromatic heterocycles. The third-order valence-corrected chi connectivity index (χ3v) is 3.30. The molecule has 134 valence electrons. The summed E-state index contributed by atoms with van der Waals surface area (Å²) in [5, 5.41) is 12.6. The van der Waals surface area contributed by atoms with E-state index in [2.05, 4.69) is 10.1 Å². The number of methoxy groups -OCH3 is 3. The zero-order valence-corrected chi connectivity index (χ0v) is 14.2. The standard InChI is InChI=1S/C16H23NO7/c1-5-24-15(19)14(18)11(17-16(20)23-4)8-10-6-7-12(21-2)13(9-10)22-3/h6-7,9,11,14,18H,5,8H2,1-4H3,(H,17,20). The van der Waals surface area contributed by atoms with Crippen molar-refractivity contribution in [3.8, 4) is 11.5 Å². The van der Waals surface area contributed by atoms with Crippen LogP contribution in [0.1, 0.15) is 12.5 Å². The Bertz CT molecular complexity index is 561. The van der Waals surface area contributed by atoms with Gasteiger partial charge in [-0.05, 0) is 31.0 Å². The molecular weight excluding hydrogens is 318 g/mol. The molecular formula is C16H23NO7. The number of esters is 1. The van der Waals surface area contributed by atoms with E-state index in [9.17, 15) is 14.7 Å². The third kappa shape index (κ3) is 5.31. The molecule has 0 saturated carbocycles. The molecule has 1 aromatic rings. The van der Waals surface area contributed by atoms with Gasteiger partial charge in [-0.15, -0.1) is 0 Å². The highest BCUT2D eigenvalue weighted by Crippen LogP contribution is 2.28. The van der Waals surface area contributed by atoms with Crippen LogP contribution in [0.15, 0.2) is 18.2 Å². The Balaban J connectivity index is 2.99. The first-order valence-electron chi connectivity index (χ1n) is 7.36. The molecule has 8 nitrogen and oxygen atoms in total. The third-order valence-electron chi connectivity index (χ3n) is 3.30. The van der Waals surface area contributed by atoms with Crippen molar-refractivity contribution in [3.63, 3.8) is 0 Å². The number of hydrogen-bond donors (Lipinski definition) is 2. The molecule has 0 spiro atoms. The van der Waals surface area contributed by atoms with Crippen molar-refractivity contribution in [2.45, 2.75) is 25.5 Å². The minimum Gasteiger partial charge on any atom is -0.493 e. The van der Waals surface area contributed by atoms with Crippen molar-refractivity contribution in [1.29, 1.82) is 0 Å². The summed E-state index contributed by atoms with van der Waals surface area (Å²) in [6, 6.07) is 4.21. The molecule has 1 aromatic carbocycles. The second-order valence-electron chi connectivity index (χ2n) is 4.83. The van der Waals surface area contributed by atoms with Crippen LogP contribution in [0.3, 0.4) is 0 Å². The van der Waals surface area contributed by atoms with Crippen molar-refractivity contribution in [3.05, 3.63) is 23.8 Å². The number of rotatable bonds is 8. The lowest BCUT2D eigenvalue weighted by Gasteiger charge is -2.22. The van der Waals surface area contributed by atoms with E-state index in [4.69, 9.17) is 14.2 Å². The van der Waals surface area contributed by atoms with E-state index in [0.29, 0.717) is 11.5 Å². The molecule has 1 amide bonds. The largest absolute Gasteiger partial charge is 0.493 e. The fraction of sp³-hybridized carbons (Fsp3) is 0.500. The highest BCUT2D eigenvalue weighted by Gasteiger charge is 2.29. The van der Waals surface area contributed by atoms with E-state index in [1.165, 1.54) is 21.3 Å². The summed E-state index contributed by atoms with van der Waals surface area (Å²) in [6.45, 7) is 1.75. The van der Waals surface area contributed by atoms with Crippen LogP contribution >= 0.6 is 0 Å². The minimum atomic E-state index is -1.53. The number of benzene rings is 1. The summed E-state index contributed by atoms with van der Waals surface area (Å²) in [7, 11) is 4.21. The molecule has 2 atom stereocenters. The van der Waals surface area contributed by atoms with Crippen LogP contribution in [0.5, 0.6) is 11.5 Å². The number of aliphatic hydroxyl groups is 1. The fourth-order valence-electron chi connectivity index (χ4n) is 2.11. The molecule has 2 N–H and O–H groups in total. The predicted octanol–water partition coefficient (Wildman–Crippen LogP) is 0.895. The van der Waals surface area contributed by atoms with E-state index in [0.717, 1.165) is 5.56 Å². The molecule has 0 aliphatic heterocycles. The Morgan fingerprint density at radius 1 is 1.17 bits per heavy atom. The zero-order valence-electron chi connectivity index (χ0n) is 14.2. The van der Waals surface area contributed by atoms with Crippen molar-refractivity contribution in [2.24, 2.45) is 0 Å². The lowest BCUT2D eigenvalue weighted by atomic mass is 10.0. The van der Waals surface area contributed by atoms with Gasteiger partial charge in [0.25, 0.3) is 0 Å². The summed E-state index contributed by atoms with van der Waals surface area (Å²) in [6.07, 6.45) is -2.13. The number of alkyl carbamates (subject to hydrolysis) is 1. The van der Waals surface area contributed by atoms with Gasteiger partial charge < -0.3 is 29.4 Å². The molecule has 0 saturated heterocycles. The molecule has 0 radical (unpaired) electrons. The van der Waals surface area contributed by atoms with Gasteiger partial charge in [0.15, 0.2) is 17.6 Å². The molecule has 24 heavy (non-hydrogen) atoms. The number of carbonyl (C=O) groups is 2. The van der Waals surface area contributed by atoms with Crippen LogP contribution < -0.4 is 14.8 Å². The second-order valence-corrected chi connectivity index (χ2v) is 4.83. The number of hydrogen-bond acceptors (Lipinski definition) is 7. The Morgan fingerprint density at radius 2 is 1.83 bits per heavy atom. The van der Waals surface area contributed by atoms with Gasteiger partial charge in [-0.3, -0.25) is 0 Å². The number of nitrogens with one attached hydrogen (secondary N) is 1. The molecule has 0 aliphatic carbocycles. The lowest BCUT2D eigenvalue weighted by Crippen LogP contribution is -2.48. The maximum Gasteiger partial charge on any atom is 0.407 e. The average molecular weight is 341 g/mol. The van der Waals surface area contributed by atoms with E-state index in [1.807, 2.05) is 0 Å².